The number of ether oxygens (including phenoxy) is 1. The van der Waals surface area contributed by atoms with Crippen LogP contribution in [0.2, 0.25) is 0 Å². The fraction of sp³-hybridized carbons (Fsp3) is 0.571. The molecule has 0 amide bonds. The van der Waals surface area contributed by atoms with Gasteiger partial charge in [0.1, 0.15) is 17.9 Å². The highest BCUT2D eigenvalue weighted by atomic mass is 32.1. The lowest BCUT2D eigenvalue weighted by molar-refractivity contribution is 0.415. The molecular formula is C14H22N4OS. The van der Waals surface area contributed by atoms with Crippen LogP contribution in [0.15, 0.2) is 17.8 Å². The van der Waals surface area contributed by atoms with E-state index in [0.717, 1.165) is 37.5 Å². The molecule has 0 bridgehead atoms. The van der Waals surface area contributed by atoms with Gasteiger partial charge in [0.05, 0.1) is 7.11 Å². The number of aryl methyl sites for hydroxylation is 1. The summed E-state index contributed by atoms with van der Waals surface area (Å²) in [5.41, 5.74) is 0. The number of aromatic nitrogens is 3. The molecule has 0 aliphatic heterocycles. The van der Waals surface area contributed by atoms with Crippen molar-refractivity contribution in [2.75, 3.05) is 13.7 Å². The summed E-state index contributed by atoms with van der Waals surface area (Å²) < 4.78 is 7.23. The molecule has 1 unspecified atom stereocenters. The van der Waals surface area contributed by atoms with Gasteiger partial charge in [0.25, 0.3) is 0 Å². The lowest BCUT2D eigenvalue weighted by atomic mass is 10.1. The first-order valence-electron chi connectivity index (χ1n) is 7.00. The van der Waals surface area contributed by atoms with Gasteiger partial charge in [-0.15, -0.1) is 11.3 Å². The van der Waals surface area contributed by atoms with E-state index in [4.69, 9.17) is 4.74 Å². The monoisotopic (exact) mass is 294 g/mol. The van der Waals surface area contributed by atoms with Crippen molar-refractivity contribution in [3.8, 4) is 5.75 Å². The lowest BCUT2D eigenvalue weighted by Crippen LogP contribution is -2.24. The molecule has 6 heteroatoms. The molecule has 0 fully saturated rings. The topological polar surface area (TPSA) is 52.0 Å². The average molecular weight is 294 g/mol. The minimum atomic E-state index is 0.262. The second-order valence-electron chi connectivity index (χ2n) is 4.59. The molecule has 5 nitrogen and oxygen atoms in total. The van der Waals surface area contributed by atoms with E-state index in [2.05, 4.69) is 35.3 Å². The summed E-state index contributed by atoms with van der Waals surface area (Å²) >= 11 is 1.72. The molecule has 1 atom stereocenters. The third-order valence-corrected chi connectivity index (χ3v) is 4.22. The quantitative estimate of drug-likeness (QED) is 0.813. The second-order valence-corrected chi connectivity index (χ2v) is 5.53. The van der Waals surface area contributed by atoms with Crippen molar-refractivity contribution in [2.45, 2.75) is 39.3 Å². The Hall–Kier alpha value is -1.40. The standard InChI is InChI=1S/C14H22N4OS/c1-4-6-15-12(13-7-11(19-3)9-20-13)8-14-16-10-17-18(14)5-2/h7,9-10,12,15H,4-6,8H2,1-3H3. The van der Waals surface area contributed by atoms with Crippen molar-refractivity contribution in [2.24, 2.45) is 0 Å². The van der Waals surface area contributed by atoms with E-state index in [-0.39, 0.29) is 6.04 Å². The van der Waals surface area contributed by atoms with E-state index in [0.29, 0.717) is 0 Å². The van der Waals surface area contributed by atoms with E-state index >= 15 is 0 Å². The molecule has 0 aromatic carbocycles. The highest BCUT2D eigenvalue weighted by Crippen LogP contribution is 2.28. The van der Waals surface area contributed by atoms with Crippen LogP contribution in [0.25, 0.3) is 0 Å². The maximum Gasteiger partial charge on any atom is 0.138 e. The van der Waals surface area contributed by atoms with E-state index < -0.39 is 0 Å². The van der Waals surface area contributed by atoms with Crippen molar-refractivity contribution in [3.05, 3.63) is 28.5 Å². The fourth-order valence-electron chi connectivity index (χ4n) is 2.11. The number of hydrogen-bond donors (Lipinski definition) is 1. The molecule has 110 valence electrons. The van der Waals surface area contributed by atoms with Crippen LogP contribution in [0.3, 0.4) is 0 Å². The maximum atomic E-state index is 5.28. The van der Waals surface area contributed by atoms with Gasteiger partial charge in [-0.25, -0.2) is 4.98 Å². The molecule has 2 aromatic rings. The van der Waals surface area contributed by atoms with Gasteiger partial charge in [-0.1, -0.05) is 6.92 Å². The van der Waals surface area contributed by atoms with Crippen LogP contribution in [0.4, 0.5) is 0 Å². The molecule has 2 heterocycles. The lowest BCUT2D eigenvalue weighted by Gasteiger charge is -2.16. The zero-order valence-electron chi connectivity index (χ0n) is 12.3. The molecule has 0 saturated heterocycles. The van der Waals surface area contributed by atoms with Crippen molar-refractivity contribution in [1.29, 1.82) is 0 Å². The number of thiophene rings is 1. The maximum absolute atomic E-state index is 5.28. The summed E-state index contributed by atoms with van der Waals surface area (Å²) in [4.78, 5) is 5.65. The molecule has 0 saturated carbocycles. The van der Waals surface area contributed by atoms with Gasteiger partial charge < -0.3 is 10.1 Å². The number of rotatable bonds is 8. The van der Waals surface area contributed by atoms with Crippen molar-refractivity contribution >= 4 is 11.3 Å². The number of methoxy groups -OCH3 is 1. The Bertz CT molecular complexity index is 523. The fourth-order valence-corrected chi connectivity index (χ4v) is 3.04. The predicted octanol–water partition coefficient (Wildman–Crippen LogP) is 2.65. The Labute approximate surface area is 124 Å². The van der Waals surface area contributed by atoms with E-state index in [9.17, 15) is 0 Å². The molecular weight excluding hydrogens is 272 g/mol. The zero-order chi connectivity index (χ0) is 14.4. The molecule has 0 spiro atoms. The minimum Gasteiger partial charge on any atom is -0.496 e. The molecule has 2 aromatic heterocycles. The van der Waals surface area contributed by atoms with Crippen LogP contribution < -0.4 is 10.1 Å². The smallest absolute Gasteiger partial charge is 0.138 e. The Morgan fingerprint density at radius 1 is 1.45 bits per heavy atom. The van der Waals surface area contributed by atoms with Crippen LogP contribution in [0.5, 0.6) is 5.75 Å². The normalized spacial score (nSPS) is 12.6. The Morgan fingerprint density at radius 3 is 2.95 bits per heavy atom. The molecule has 0 radical (unpaired) electrons. The van der Waals surface area contributed by atoms with Gasteiger partial charge in [-0.05, 0) is 26.0 Å². The van der Waals surface area contributed by atoms with Crippen LogP contribution in [0, 0.1) is 0 Å². The highest BCUT2D eigenvalue weighted by Gasteiger charge is 2.17. The van der Waals surface area contributed by atoms with E-state index in [1.807, 2.05) is 10.1 Å². The van der Waals surface area contributed by atoms with Crippen molar-refractivity contribution in [3.63, 3.8) is 0 Å². The predicted molar refractivity (Wildman–Crippen MR) is 81.3 cm³/mol. The summed E-state index contributed by atoms with van der Waals surface area (Å²) in [5.74, 6) is 1.94. The van der Waals surface area contributed by atoms with Crippen molar-refractivity contribution < 1.29 is 4.74 Å². The first-order valence-corrected chi connectivity index (χ1v) is 7.88. The molecule has 20 heavy (non-hydrogen) atoms. The van der Waals surface area contributed by atoms with Gasteiger partial charge in [-0.3, -0.25) is 4.68 Å². The van der Waals surface area contributed by atoms with Gasteiger partial charge in [0, 0.05) is 29.3 Å². The number of nitrogens with zero attached hydrogens (tertiary/aromatic N) is 3. The largest absolute Gasteiger partial charge is 0.496 e. The highest BCUT2D eigenvalue weighted by molar-refractivity contribution is 7.10. The van der Waals surface area contributed by atoms with Crippen molar-refractivity contribution in [1.82, 2.24) is 20.1 Å². The third-order valence-electron chi connectivity index (χ3n) is 3.20. The summed E-state index contributed by atoms with van der Waals surface area (Å²) in [5, 5.41) is 9.87. The molecule has 1 N–H and O–H groups in total. The first kappa shape index (κ1) is 15.0. The van der Waals surface area contributed by atoms with Crippen LogP contribution >= 0.6 is 11.3 Å². The first-order chi connectivity index (χ1) is 9.78. The summed E-state index contributed by atoms with van der Waals surface area (Å²) in [6.45, 7) is 6.10. The number of hydrogen-bond acceptors (Lipinski definition) is 5. The molecule has 2 rings (SSSR count). The van der Waals surface area contributed by atoms with Gasteiger partial charge in [0.15, 0.2) is 0 Å². The minimum absolute atomic E-state index is 0.262. The summed E-state index contributed by atoms with van der Waals surface area (Å²) in [6, 6.07) is 2.36. The van der Waals surface area contributed by atoms with E-state index in [1.54, 1.807) is 24.8 Å². The summed E-state index contributed by atoms with van der Waals surface area (Å²) in [7, 11) is 1.70. The van der Waals surface area contributed by atoms with Crippen LogP contribution in [-0.4, -0.2) is 28.4 Å². The van der Waals surface area contributed by atoms with Gasteiger partial charge in [-0.2, -0.15) is 5.10 Å². The molecule has 0 aliphatic rings. The molecule has 0 aliphatic carbocycles. The Balaban J connectivity index is 2.14. The number of nitrogens with one attached hydrogen (secondary N) is 1. The second kappa shape index (κ2) is 7.40. The third kappa shape index (κ3) is 3.58. The SMILES string of the molecule is CCCNC(Cc1ncnn1CC)c1cc(OC)cs1. The van der Waals surface area contributed by atoms with E-state index in [1.165, 1.54) is 4.88 Å². The summed E-state index contributed by atoms with van der Waals surface area (Å²) in [6.07, 6.45) is 3.59. The van der Waals surface area contributed by atoms with Gasteiger partial charge >= 0.3 is 0 Å². The zero-order valence-corrected chi connectivity index (χ0v) is 13.1. The van der Waals surface area contributed by atoms with Crippen LogP contribution in [-0.2, 0) is 13.0 Å². The van der Waals surface area contributed by atoms with Gasteiger partial charge in [0.2, 0.25) is 0 Å². The Kier molecular flexibility index (Phi) is 5.55. The average Bonchev–Trinajstić information content (AvgIpc) is 3.11. The Morgan fingerprint density at radius 2 is 2.30 bits per heavy atom. The van der Waals surface area contributed by atoms with Crippen LogP contribution in [0.1, 0.15) is 37.0 Å².